The Balaban J connectivity index is 2.72. The standard InChI is InChI=1S/C12H18N2S/c1-6-7-13-9(2)11-14-10(8-15-11)12(3,4)5/h1,8-9,13H,7H2,2-5H3. The van der Waals surface area contributed by atoms with Crippen LogP contribution in [-0.2, 0) is 5.41 Å². The Morgan fingerprint density at radius 2 is 2.27 bits per heavy atom. The predicted molar refractivity (Wildman–Crippen MR) is 66.1 cm³/mol. The van der Waals surface area contributed by atoms with Crippen LogP contribution in [0.25, 0.3) is 0 Å². The summed E-state index contributed by atoms with van der Waals surface area (Å²) in [5, 5.41) is 6.46. The van der Waals surface area contributed by atoms with Crippen LogP contribution in [0, 0.1) is 12.3 Å². The monoisotopic (exact) mass is 222 g/mol. The van der Waals surface area contributed by atoms with E-state index in [9.17, 15) is 0 Å². The Bertz CT molecular complexity index is 354. The smallest absolute Gasteiger partial charge is 0.110 e. The molecular weight excluding hydrogens is 204 g/mol. The number of hydrogen-bond acceptors (Lipinski definition) is 3. The van der Waals surface area contributed by atoms with Crippen LogP contribution in [0.3, 0.4) is 0 Å². The highest BCUT2D eigenvalue weighted by Crippen LogP contribution is 2.26. The van der Waals surface area contributed by atoms with Crippen LogP contribution in [0.1, 0.15) is 44.4 Å². The normalized spacial score (nSPS) is 13.5. The van der Waals surface area contributed by atoms with Gasteiger partial charge in [-0.3, -0.25) is 5.32 Å². The second-order valence-electron chi connectivity index (χ2n) is 4.63. The zero-order chi connectivity index (χ0) is 11.5. The molecule has 3 heteroatoms. The Morgan fingerprint density at radius 1 is 1.60 bits per heavy atom. The topological polar surface area (TPSA) is 24.9 Å². The molecule has 1 rings (SSSR count). The van der Waals surface area contributed by atoms with Crippen molar-refractivity contribution in [2.45, 2.75) is 39.2 Å². The molecular formula is C12H18N2S. The van der Waals surface area contributed by atoms with Gasteiger partial charge in [0.2, 0.25) is 0 Å². The second-order valence-corrected chi connectivity index (χ2v) is 5.52. The van der Waals surface area contributed by atoms with Crippen molar-refractivity contribution in [1.82, 2.24) is 10.3 Å². The Labute approximate surface area is 96.1 Å². The van der Waals surface area contributed by atoms with Crippen LogP contribution in [0.2, 0.25) is 0 Å². The Kier molecular flexibility index (Phi) is 3.90. The van der Waals surface area contributed by atoms with Crippen LogP contribution in [-0.4, -0.2) is 11.5 Å². The quantitative estimate of drug-likeness (QED) is 0.795. The largest absolute Gasteiger partial charge is 0.297 e. The summed E-state index contributed by atoms with van der Waals surface area (Å²) in [6, 6.07) is 0.238. The summed E-state index contributed by atoms with van der Waals surface area (Å²) in [5.74, 6) is 2.57. The molecule has 15 heavy (non-hydrogen) atoms. The van der Waals surface area contributed by atoms with E-state index in [0.717, 1.165) is 10.7 Å². The molecule has 0 radical (unpaired) electrons. The van der Waals surface area contributed by atoms with Crippen molar-refractivity contribution in [2.75, 3.05) is 6.54 Å². The fourth-order valence-corrected chi connectivity index (χ4v) is 2.21. The molecule has 0 spiro atoms. The van der Waals surface area contributed by atoms with Crippen LogP contribution in [0.4, 0.5) is 0 Å². The lowest BCUT2D eigenvalue weighted by Crippen LogP contribution is -2.19. The van der Waals surface area contributed by atoms with Crippen molar-refractivity contribution in [3.05, 3.63) is 16.1 Å². The third-order valence-corrected chi connectivity index (χ3v) is 3.20. The van der Waals surface area contributed by atoms with Gasteiger partial charge in [0, 0.05) is 10.8 Å². The molecule has 1 heterocycles. The summed E-state index contributed by atoms with van der Waals surface area (Å²) in [6.45, 7) is 9.19. The van der Waals surface area contributed by atoms with Gasteiger partial charge in [-0.25, -0.2) is 4.98 Å². The number of nitrogens with one attached hydrogen (secondary N) is 1. The molecule has 0 saturated carbocycles. The van der Waals surface area contributed by atoms with Gasteiger partial charge < -0.3 is 0 Å². The minimum Gasteiger partial charge on any atom is -0.297 e. The van der Waals surface area contributed by atoms with E-state index in [1.54, 1.807) is 11.3 Å². The van der Waals surface area contributed by atoms with Gasteiger partial charge in [-0.2, -0.15) is 0 Å². The maximum atomic E-state index is 5.20. The van der Waals surface area contributed by atoms with Gasteiger partial charge in [0.25, 0.3) is 0 Å². The van der Waals surface area contributed by atoms with Crippen molar-refractivity contribution < 1.29 is 0 Å². The molecule has 0 aromatic carbocycles. The summed E-state index contributed by atoms with van der Waals surface area (Å²) in [7, 11) is 0. The molecule has 0 amide bonds. The predicted octanol–water partition coefficient (Wildman–Crippen LogP) is 2.72. The lowest BCUT2D eigenvalue weighted by atomic mass is 9.93. The highest BCUT2D eigenvalue weighted by molar-refractivity contribution is 7.09. The molecule has 0 saturated heterocycles. The number of terminal acetylenes is 1. The average Bonchev–Trinajstić information content (AvgIpc) is 2.62. The minimum absolute atomic E-state index is 0.126. The lowest BCUT2D eigenvalue weighted by molar-refractivity contribution is 0.560. The zero-order valence-electron chi connectivity index (χ0n) is 9.79. The molecule has 0 aliphatic carbocycles. The van der Waals surface area contributed by atoms with Crippen LogP contribution in [0.5, 0.6) is 0 Å². The van der Waals surface area contributed by atoms with E-state index in [1.165, 1.54) is 0 Å². The summed E-state index contributed by atoms with van der Waals surface area (Å²) >= 11 is 1.69. The maximum absolute atomic E-state index is 5.20. The molecule has 1 atom stereocenters. The van der Waals surface area contributed by atoms with E-state index in [4.69, 9.17) is 6.42 Å². The third-order valence-electron chi connectivity index (χ3n) is 2.17. The molecule has 1 unspecified atom stereocenters. The van der Waals surface area contributed by atoms with Gasteiger partial charge in [-0.05, 0) is 6.92 Å². The number of rotatable bonds is 3. The molecule has 2 nitrogen and oxygen atoms in total. The lowest BCUT2D eigenvalue weighted by Gasteiger charge is -2.14. The van der Waals surface area contributed by atoms with Gasteiger partial charge in [0.15, 0.2) is 0 Å². The van der Waals surface area contributed by atoms with E-state index >= 15 is 0 Å². The Morgan fingerprint density at radius 3 is 2.73 bits per heavy atom. The molecule has 1 aromatic heterocycles. The molecule has 0 aliphatic rings. The van der Waals surface area contributed by atoms with Crippen molar-refractivity contribution in [1.29, 1.82) is 0 Å². The van der Waals surface area contributed by atoms with E-state index < -0.39 is 0 Å². The second kappa shape index (κ2) is 4.78. The molecule has 1 N–H and O–H groups in total. The first kappa shape index (κ1) is 12.2. The van der Waals surface area contributed by atoms with Crippen molar-refractivity contribution >= 4 is 11.3 Å². The SMILES string of the molecule is C#CCNC(C)c1nc(C(C)(C)C)cs1. The van der Waals surface area contributed by atoms with E-state index in [-0.39, 0.29) is 11.5 Å². The summed E-state index contributed by atoms with van der Waals surface area (Å²) in [6.07, 6.45) is 5.20. The first-order valence-corrected chi connectivity index (χ1v) is 5.96. The van der Waals surface area contributed by atoms with Gasteiger partial charge in [0.05, 0.1) is 18.3 Å². The molecule has 82 valence electrons. The van der Waals surface area contributed by atoms with E-state index in [0.29, 0.717) is 6.54 Å². The highest BCUT2D eigenvalue weighted by atomic mass is 32.1. The first-order valence-electron chi connectivity index (χ1n) is 5.08. The number of nitrogens with zero attached hydrogens (tertiary/aromatic N) is 1. The summed E-state index contributed by atoms with van der Waals surface area (Å²) < 4.78 is 0. The zero-order valence-corrected chi connectivity index (χ0v) is 10.6. The van der Waals surface area contributed by atoms with Crippen molar-refractivity contribution in [2.24, 2.45) is 0 Å². The fourth-order valence-electron chi connectivity index (χ4n) is 1.13. The molecule has 1 aromatic rings. The fraction of sp³-hybridized carbons (Fsp3) is 0.583. The van der Waals surface area contributed by atoms with E-state index in [1.807, 2.05) is 0 Å². The van der Waals surface area contributed by atoms with Gasteiger partial charge in [-0.15, -0.1) is 17.8 Å². The summed E-state index contributed by atoms with van der Waals surface area (Å²) in [4.78, 5) is 4.62. The average molecular weight is 222 g/mol. The number of hydrogen-bond donors (Lipinski definition) is 1. The van der Waals surface area contributed by atoms with Crippen molar-refractivity contribution in [3.8, 4) is 12.3 Å². The van der Waals surface area contributed by atoms with E-state index in [2.05, 4.69) is 49.3 Å². The van der Waals surface area contributed by atoms with Crippen LogP contribution >= 0.6 is 11.3 Å². The number of aromatic nitrogens is 1. The van der Waals surface area contributed by atoms with Crippen LogP contribution < -0.4 is 5.32 Å². The third kappa shape index (κ3) is 3.33. The minimum atomic E-state index is 0.126. The molecule has 0 fully saturated rings. The van der Waals surface area contributed by atoms with Crippen LogP contribution in [0.15, 0.2) is 5.38 Å². The molecule has 0 bridgehead atoms. The summed E-state index contributed by atoms with van der Waals surface area (Å²) in [5.41, 5.74) is 1.28. The highest BCUT2D eigenvalue weighted by Gasteiger charge is 2.18. The molecule has 0 aliphatic heterocycles. The maximum Gasteiger partial charge on any atom is 0.110 e. The van der Waals surface area contributed by atoms with Gasteiger partial charge >= 0.3 is 0 Å². The van der Waals surface area contributed by atoms with Gasteiger partial charge in [0.1, 0.15) is 5.01 Å². The number of thiazole rings is 1. The van der Waals surface area contributed by atoms with Gasteiger partial charge in [-0.1, -0.05) is 26.7 Å². The first-order chi connectivity index (χ1) is 6.95. The Hall–Kier alpha value is -0.850. The van der Waals surface area contributed by atoms with Crippen molar-refractivity contribution in [3.63, 3.8) is 0 Å².